The molecule has 0 aliphatic heterocycles. The van der Waals surface area contributed by atoms with Gasteiger partial charge in [0.1, 0.15) is 5.52 Å². The van der Waals surface area contributed by atoms with Crippen molar-refractivity contribution in [3.63, 3.8) is 0 Å². The number of hydrogen-bond acceptors (Lipinski definition) is 3. The Labute approximate surface area is 136 Å². The van der Waals surface area contributed by atoms with Crippen LogP contribution >= 0.6 is 0 Å². The van der Waals surface area contributed by atoms with Crippen molar-refractivity contribution in [1.29, 1.82) is 0 Å². The predicted molar refractivity (Wildman–Crippen MR) is 93.4 cm³/mol. The summed E-state index contributed by atoms with van der Waals surface area (Å²) in [5.74, 6) is 2.90. The lowest BCUT2D eigenvalue weighted by Gasteiger charge is -2.25. The van der Waals surface area contributed by atoms with Crippen LogP contribution in [0.2, 0.25) is 0 Å². The van der Waals surface area contributed by atoms with Crippen molar-refractivity contribution in [2.24, 2.45) is 0 Å². The Bertz CT molecular complexity index is 822. The maximum Gasteiger partial charge on any atom is 0.113 e. The van der Waals surface area contributed by atoms with Gasteiger partial charge in [-0.05, 0) is 42.9 Å². The molecule has 1 aromatic heterocycles. The van der Waals surface area contributed by atoms with Crippen molar-refractivity contribution < 1.29 is 0 Å². The van der Waals surface area contributed by atoms with E-state index in [1.807, 2.05) is 41.1 Å². The van der Waals surface area contributed by atoms with Crippen molar-refractivity contribution in [2.75, 3.05) is 13.1 Å². The molecule has 0 aliphatic rings. The molecule has 0 fully saturated rings. The molecule has 0 saturated carbocycles. The molecule has 3 aromatic rings. The lowest BCUT2D eigenvalue weighted by Crippen LogP contribution is -2.27. The molecule has 0 amide bonds. The number of para-hydroxylation sites is 1. The van der Waals surface area contributed by atoms with Gasteiger partial charge in [-0.3, -0.25) is 4.90 Å². The summed E-state index contributed by atoms with van der Waals surface area (Å²) in [6.07, 6.45) is 5.74. The predicted octanol–water partition coefficient (Wildman–Crippen LogP) is 3.44. The molecule has 0 radical (unpaired) electrons. The van der Waals surface area contributed by atoms with Crippen LogP contribution in [0.4, 0.5) is 0 Å². The fourth-order valence-corrected chi connectivity index (χ4v) is 2.86. The van der Waals surface area contributed by atoms with Gasteiger partial charge in [0.15, 0.2) is 0 Å². The van der Waals surface area contributed by atoms with Crippen LogP contribution in [0, 0.1) is 12.3 Å². The van der Waals surface area contributed by atoms with Gasteiger partial charge in [-0.1, -0.05) is 49.2 Å². The largest absolute Gasteiger partial charge is 0.287 e. The third kappa shape index (κ3) is 2.84. The molecule has 0 bridgehead atoms. The fraction of sp³-hybridized carbons (Fsp3) is 0.263. The van der Waals surface area contributed by atoms with E-state index in [-0.39, 0.29) is 6.04 Å². The van der Waals surface area contributed by atoms with Gasteiger partial charge in [0.25, 0.3) is 0 Å². The second-order valence-electron chi connectivity index (χ2n) is 5.37. The second-order valence-corrected chi connectivity index (χ2v) is 5.37. The molecule has 23 heavy (non-hydrogen) atoms. The summed E-state index contributed by atoms with van der Waals surface area (Å²) in [6.45, 7) is 6.12. The van der Waals surface area contributed by atoms with E-state index in [1.165, 1.54) is 0 Å². The van der Waals surface area contributed by atoms with Crippen molar-refractivity contribution in [3.8, 4) is 18.0 Å². The van der Waals surface area contributed by atoms with Crippen LogP contribution in [0.5, 0.6) is 0 Å². The summed E-state index contributed by atoms with van der Waals surface area (Å²) in [4.78, 5) is 2.26. The highest BCUT2D eigenvalue weighted by Gasteiger charge is 2.15. The van der Waals surface area contributed by atoms with Gasteiger partial charge in [0.2, 0.25) is 0 Å². The van der Waals surface area contributed by atoms with E-state index in [2.05, 4.69) is 47.1 Å². The Kier molecular flexibility index (Phi) is 4.40. The Morgan fingerprint density at radius 2 is 1.78 bits per heavy atom. The summed E-state index contributed by atoms with van der Waals surface area (Å²) in [7, 11) is 0. The molecule has 4 heteroatoms. The van der Waals surface area contributed by atoms with Gasteiger partial charge >= 0.3 is 0 Å². The van der Waals surface area contributed by atoms with Gasteiger partial charge in [0.05, 0.1) is 17.2 Å². The SMILES string of the molecule is C#CC(c1ccc(-n2nnc3ccccc32)cc1)N(CC)CC. The van der Waals surface area contributed by atoms with E-state index in [1.54, 1.807) is 0 Å². The van der Waals surface area contributed by atoms with E-state index >= 15 is 0 Å². The van der Waals surface area contributed by atoms with Crippen LogP contribution in [0.25, 0.3) is 16.7 Å². The molecule has 0 N–H and O–H groups in total. The highest BCUT2D eigenvalue weighted by Crippen LogP contribution is 2.22. The van der Waals surface area contributed by atoms with Crippen molar-refractivity contribution in [3.05, 3.63) is 54.1 Å². The average Bonchev–Trinajstić information content (AvgIpc) is 3.04. The summed E-state index contributed by atoms with van der Waals surface area (Å²) in [5.41, 5.74) is 4.00. The summed E-state index contributed by atoms with van der Waals surface area (Å²) in [6, 6.07) is 16.2. The van der Waals surface area contributed by atoms with Crippen LogP contribution < -0.4 is 0 Å². The molecule has 0 aliphatic carbocycles. The van der Waals surface area contributed by atoms with Gasteiger partial charge in [-0.25, -0.2) is 4.68 Å². The second kappa shape index (κ2) is 6.64. The molecule has 4 nitrogen and oxygen atoms in total. The maximum atomic E-state index is 5.74. The maximum absolute atomic E-state index is 5.74. The normalized spacial score (nSPS) is 12.4. The standard InChI is InChI=1S/C19H20N4/c1-4-18(22(5-2)6-3)15-11-13-16(14-12-15)23-19-10-8-7-9-17(19)20-21-23/h1,7-14,18H,5-6H2,2-3H3. The zero-order valence-corrected chi connectivity index (χ0v) is 13.5. The first kappa shape index (κ1) is 15.3. The van der Waals surface area contributed by atoms with E-state index in [0.29, 0.717) is 0 Å². The topological polar surface area (TPSA) is 34.0 Å². The first-order valence-electron chi connectivity index (χ1n) is 7.89. The minimum Gasteiger partial charge on any atom is -0.287 e. The highest BCUT2D eigenvalue weighted by molar-refractivity contribution is 5.75. The van der Waals surface area contributed by atoms with Crippen LogP contribution in [0.15, 0.2) is 48.5 Å². The number of rotatable bonds is 5. The third-order valence-electron chi connectivity index (χ3n) is 4.14. The molecule has 116 valence electrons. The monoisotopic (exact) mass is 304 g/mol. The number of aromatic nitrogens is 3. The minimum absolute atomic E-state index is 0.00606. The zero-order chi connectivity index (χ0) is 16.2. The molecule has 3 rings (SSSR count). The quantitative estimate of drug-likeness (QED) is 0.677. The summed E-state index contributed by atoms with van der Waals surface area (Å²) in [5, 5.41) is 8.44. The Morgan fingerprint density at radius 1 is 1.09 bits per heavy atom. The van der Waals surface area contributed by atoms with E-state index in [0.717, 1.165) is 35.4 Å². The minimum atomic E-state index is 0.00606. The Morgan fingerprint density at radius 3 is 2.43 bits per heavy atom. The van der Waals surface area contributed by atoms with E-state index in [9.17, 15) is 0 Å². The highest BCUT2D eigenvalue weighted by atomic mass is 15.4. The molecule has 1 heterocycles. The number of nitrogens with zero attached hydrogens (tertiary/aromatic N) is 4. The van der Waals surface area contributed by atoms with E-state index < -0.39 is 0 Å². The third-order valence-corrected chi connectivity index (χ3v) is 4.14. The number of fused-ring (bicyclic) bond motifs is 1. The van der Waals surface area contributed by atoms with Crippen LogP contribution in [-0.4, -0.2) is 33.0 Å². The first-order chi connectivity index (χ1) is 11.3. The fourth-order valence-electron chi connectivity index (χ4n) is 2.86. The lowest BCUT2D eigenvalue weighted by molar-refractivity contribution is 0.264. The van der Waals surface area contributed by atoms with Gasteiger partial charge in [-0.15, -0.1) is 11.5 Å². The molecular weight excluding hydrogens is 284 g/mol. The van der Waals surface area contributed by atoms with Crippen LogP contribution in [-0.2, 0) is 0 Å². The van der Waals surface area contributed by atoms with Crippen LogP contribution in [0.1, 0.15) is 25.5 Å². The van der Waals surface area contributed by atoms with Crippen molar-refractivity contribution in [1.82, 2.24) is 19.9 Å². The number of benzene rings is 2. The Balaban J connectivity index is 1.95. The average molecular weight is 304 g/mol. The number of hydrogen-bond donors (Lipinski definition) is 0. The van der Waals surface area contributed by atoms with Crippen LogP contribution in [0.3, 0.4) is 0 Å². The number of terminal acetylenes is 1. The Hall–Kier alpha value is -2.64. The molecular formula is C19H20N4. The molecule has 1 atom stereocenters. The van der Waals surface area contributed by atoms with Gasteiger partial charge in [-0.2, -0.15) is 0 Å². The molecule has 1 unspecified atom stereocenters. The summed E-state index contributed by atoms with van der Waals surface area (Å²) < 4.78 is 1.85. The van der Waals surface area contributed by atoms with Crippen molar-refractivity contribution in [2.45, 2.75) is 19.9 Å². The van der Waals surface area contributed by atoms with E-state index in [4.69, 9.17) is 6.42 Å². The molecule has 0 spiro atoms. The van der Waals surface area contributed by atoms with Crippen molar-refractivity contribution >= 4 is 11.0 Å². The zero-order valence-electron chi connectivity index (χ0n) is 13.5. The van der Waals surface area contributed by atoms with Gasteiger partial charge in [0, 0.05) is 0 Å². The molecule has 0 saturated heterocycles. The molecule has 2 aromatic carbocycles. The smallest absolute Gasteiger partial charge is 0.113 e. The van der Waals surface area contributed by atoms with Gasteiger partial charge < -0.3 is 0 Å². The summed E-state index contributed by atoms with van der Waals surface area (Å²) >= 11 is 0. The lowest BCUT2D eigenvalue weighted by atomic mass is 10.1. The first-order valence-corrected chi connectivity index (χ1v) is 7.89.